The average Bonchev–Trinajstić information content (AvgIpc) is 1.96. The molecule has 0 aliphatic rings. The molecule has 0 aliphatic heterocycles. The van der Waals surface area contributed by atoms with Crippen molar-refractivity contribution in [1.82, 2.24) is 0 Å². The maximum atomic E-state index is 5.17. The smallest absolute Gasteiger partial charge is 0.0474 e. The summed E-state index contributed by atoms with van der Waals surface area (Å²) in [6, 6.07) is 0. The third kappa shape index (κ3) is 9.52. The van der Waals surface area contributed by atoms with E-state index in [2.05, 4.69) is 25.7 Å². The minimum absolute atomic E-state index is 0.502. The average molecular weight is 154 g/mol. The van der Waals surface area contributed by atoms with Crippen LogP contribution in [-0.4, -0.2) is 13.2 Å². The Morgan fingerprint density at radius 2 is 2.09 bits per heavy atom. The van der Waals surface area contributed by atoms with Crippen LogP contribution in [0.1, 0.15) is 33.6 Å². The van der Waals surface area contributed by atoms with Crippen LogP contribution in [0.2, 0.25) is 0 Å². The number of rotatable bonds is 4. The molecule has 0 aliphatic carbocycles. The Labute approximate surface area is 70.1 Å². The standard InChI is InChI=1S/C10H18O/c1-4-11-9-7-5-6-8-10(2)3/h10H,4-5,7,9H2,1-3H3. The van der Waals surface area contributed by atoms with Gasteiger partial charge in [-0.1, -0.05) is 13.8 Å². The van der Waals surface area contributed by atoms with Gasteiger partial charge in [-0.05, 0) is 13.3 Å². The highest BCUT2D eigenvalue weighted by Crippen LogP contribution is 1.90. The molecule has 0 aromatic heterocycles. The summed E-state index contributed by atoms with van der Waals surface area (Å²) in [4.78, 5) is 0. The monoisotopic (exact) mass is 154 g/mol. The van der Waals surface area contributed by atoms with Crippen LogP contribution in [0.5, 0.6) is 0 Å². The molecule has 1 nitrogen and oxygen atoms in total. The molecule has 0 atom stereocenters. The Kier molecular flexibility index (Phi) is 7.29. The van der Waals surface area contributed by atoms with Gasteiger partial charge in [0.05, 0.1) is 0 Å². The topological polar surface area (TPSA) is 9.23 Å². The summed E-state index contributed by atoms with van der Waals surface area (Å²) in [5, 5.41) is 0. The lowest BCUT2D eigenvalue weighted by molar-refractivity contribution is 0.146. The summed E-state index contributed by atoms with van der Waals surface area (Å²) in [7, 11) is 0. The van der Waals surface area contributed by atoms with Crippen LogP contribution in [0.15, 0.2) is 0 Å². The summed E-state index contributed by atoms with van der Waals surface area (Å²) in [5.74, 6) is 6.73. The molecule has 0 N–H and O–H groups in total. The molecule has 0 saturated heterocycles. The fourth-order valence-electron chi connectivity index (χ4n) is 0.683. The van der Waals surface area contributed by atoms with Crippen LogP contribution in [0.25, 0.3) is 0 Å². The minimum Gasteiger partial charge on any atom is -0.382 e. The maximum absolute atomic E-state index is 5.17. The van der Waals surface area contributed by atoms with Crippen molar-refractivity contribution in [2.75, 3.05) is 13.2 Å². The lowest BCUT2D eigenvalue weighted by Crippen LogP contribution is -1.91. The molecule has 0 rings (SSSR count). The van der Waals surface area contributed by atoms with Gasteiger partial charge in [0.25, 0.3) is 0 Å². The number of unbranched alkanes of at least 4 members (excludes halogenated alkanes) is 1. The van der Waals surface area contributed by atoms with E-state index in [0.717, 1.165) is 26.1 Å². The first-order valence-electron chi connectivity index (χ1n) is 4.33. The third-order valence-electron chi connectivity index (χ3n) is 1.19. The van der Waals surface area contributed by atoms with Crippen LogP contribution >= 0.6 is 0 Å². The summed E-state index contributed by atoms with van der Waals surface area (Å²) in [6.45, 7) is 7.89. The van der Waals surface area contributed by atoms with E-state index < -0.39 is 0 Å². The van der Waals surface area contributed by atoms with Gasteiger partial charge in [0.2, 0.25) is 0 Å². The van der Waals surface area contributed by atoms with Crippen LogP contribution in [0, 0.1) is 17.8 Å². The number of hydrogen-bond acceptors (Lipinski definition) is 1. The number of ether oxygens (including phenoxy) is 1. The fourth-order valence-corrected chi connectivity index (χ4v) is 0.683. The second-order valence-corrected chi connectivity index (χ2v) is 2.78. The molecule has 11 heavy (non-hydrogen) atoms. The molecule has 64 valence electrons. The molecule has 0 bridgehead atoms. The summed E-state index contributed by atoms with van der Waals surface area (Å²) < 4.78 is 5.17. The molecule has 0 unspecified atom stereocenters. The van der Waals surface area contributed by atoms with E-state index in [1.165, 1.54) is 0 Å². The summed E-state index contributed by atoms with van der Waals surface area (Å²) in [5.41, 5.74) is 0. The Bertz CT molecular complexity index is 128. The van der Waals surface area contributed by atoms with Gasteiger partial charge < -0.3 is 4.74 Å². The molecular formula is C10H18O. The van der Waals surface area contributed by atoms with E-state index >= 15 is 0 Å². The van der Waals surface area contributed by atoms with Crippen molar-refractivity contribution in [3.63, 3.8) is 0 Å². The molecule has 0 saturated carbocycles. The van der Waals surface area contributed by atoms with Gasteiger partial charge in [-0.2, -0.15) is 0 Å². The van der Waals surface area contributed by atoms with Crippen molar-refractivity contribution in [3.8, 4) is 11.8 Å². The highest BCUT2D eigenvalue weighted by atomic mass is 16.5. The Balaban J connectivity index is 3.09. The first-order valence-corrected chi connectivity index (χ1v) is 4.33. The van der Waals surface area contributed by atoms with Crippen molar-refractivity contribution >= 4 is 0 Å². The van der Waals surface area contributed by atoms with Crippen molar-refractivity contribution in [3.05, 3.63) is 0 Å². The van der Waals surface area contributed by atoms with Gasteiger partial charge in [0.15, 0.2) is 0 Å². The highest BCUT2D eigenvalue weighted by molar-refractivity contribution is 5.00. The van der Waals surface area contributed by atoms with E-state index in [0.29, 0.717) is 5.92 Å². The second-order valence-electron chi connectivity index (χ2n) is 2.78. The zero-order chi connectivity index (χ0) is 8.53. The van der Waals surface area contributed by atoms with Crippen LogP contribution in [-0.2, 0) is 4.74 Å². The predicted molar refractivity (Wildman–Crippen MR) is 48.3 cm³/mol. The zero-order valence-corrected chi connectivity index (χ0v) is 7.81. The molecule has 0 amide bonds. The first kappa shape index (κ1) is 10.5. The lowest BCUT2D eigenvalue weighted by Gasteiger charge is -1.95. The van der Waals surface area contributed by atoms with E-state index in [4.69, 9.17) is 4.74 Å². The molecule has 0 aromatic rings. The normalized spacial score (nSPS) is 9.45. The molecule has 0 radical (unpaired) electrons. The van der Waals surface area contributed by atoms with Crippen molar-refractivity contribution in [2.24, 2.45) is 5.92 Å². The van der Waals surface area contributed by atoms with Crippen molar-refractivity contribution in [1.29, 1.82) is 0 Å². The molecule has 0 heterocycles. The van der Waals surface area contributed by atoms with Gasteiger partial charge in [0.1, 0.15) is 0 Å². The lowest BCUT2D eigenvalue weighted by atomic mass is 10.2. The van der Waals surface area contributed by atoms with Crippen LogP contribution in [0.4, 0.5) is 0 Å². The zero-order valence-electron chi connectivity index (χ0n) is 7.81. The van der Waals surface area contributed by atoms with Gasteiger partial charge in [-0.3, -0.25) is 0 Å². The Hall–Kier alpha value is -0.480. The highest BCUT2D eigenvalue weighted by Gasteiger charge is 1.84. The van der Waals surface area contributed by atoms with Crippen molar-refractivity contribution in [2.45, 2.75) is 33.6 Å². The fraction of sp³-hybridized carbons (Fsp3) is 0.800. The Morgan fingerprint density at radius 1 is 1.36 bits per heavy atom. The quantitative estimate of drug-likeness (QED) is 0.446. The van der Waals surface area contributed by atoms with E-state index in [-0.39, 0.29) is 0 Å². The van der Waals surface area contributed by atoms with Crippen LogP contribution < -0.4 is 0 Å². The molecule has 0 aromatic carbocycles. The largest absolute Gasteiger partial charge is 0.382 e. The van der Waals surface area contributed by atoms with Gasteiger partial charge in [-0.25, -0.2) is 0 Å². The summed E-state index contributed by atoms with van der Waals surface area (Å²) >= 11 is 0. The predicted octanol–water partition coefficient (Wildman–Crippen LogP) is 2.46. The first-order chi connectivity index (χ1) is 5.27. The molecular weight excluding hydrogens is 136 g/mol. The molecule has 1 heteroatoms. The van der Waals surface area contributed by atoms with Gasteiger partial charge >= 0.3 is 0 Å². The number of hydrogen-bond donors (Lipinski definition) is 0. The molecule has 0 spiro atoms. The van der Waals surface area contributed by atoms with Gasteiger partial charge in [-0.15, -0.1) is 11.8 Å². The van der Waals surface area contributed by atoms with E-state index in [9.17, 15) is 0 Å². The van der Waals surface area contributed by atoms with Crippen molar-refractivity contribution < 1.29 is 4.74 Å². The Morgan fingerprint density at radius 3 is 2.64 bits per heavy atom. The minimum atomic E-state index is 0.502. The summed E-state index contributed by atoms with van der Waals surface area (Å²) in [6.07, 6.45) is 2.03. The SMILES string of the molecule is CCOCCCC#CC(C)C. The van der Waals surface area contributed by atoms with E-state index in [1.807, 2.05) is 6.92 Å². The van der Waals surface area contributed by atoms with E-state index in [1.54, 1.807) is 0 Å². The maximum Gasteiger partial charge on any atom is 0.0474 e. The van der Waals surface area contributed by atoms with Gasteiger partial charge in [0, 0.05) is 25.6 Å². The molecule has 0 fully saturated rings. The second kappa shape index (κ2) is 7.63. The van der Waals surface area contributed by atoms with Crippen LogP contribution in [0.3, 0.4) is 0 Å². The third-order valence-corrected chi connectivity index (χ3v) is 1.19.